The number of ether oxygens (including phenoxy) is 2. The zero-order valence-electron chi connectivity index (χ0n) is 16.3. The molecule has 0 amide bonds. The quantitative estimate of drug-likeness (QED) is 0.635. The van der Waals surface area contributed by atoms with E-state index in [9.17, 15) is 14.7 Å². The Hall–Kier alpha value is -1.88. The highest BCUT2D eigenvalue weighted by Gasteiger charge is 2.60. The van der Waals surface area contributed by atoms with Gasteiger partial charge in [-0.15, -0.1) is 0 Å². The van der Waals surface area contributed by atoms with Crippen LogP contribution in [0, 0.1) is 17.3 Å². The molecule has 0 bridgehead atoms. The number of carbonyl (C=O) groups excluding carboxylic acids is 2. The molecule has 0 aromatic heterocycles. The van der Waals surface area contributed by atoms with E-state index in [1.165, 1.54) is 13.8 Å². The van der Waals surface area contributed by atoms with Gasteiger partial charge >= 0.3 is 11.9 Å². The number of benzene rings is 1. The number of aryl methyl sites for hydroxylation is 1. The van der Waals surface area contributed by atoms with Crippen LogP contribution in [-0.4, -0.2) is 23.1 Å². The Morgan fingerprint density at radius 3 is 2.56 bits per heavy atom. The third-order valence-electron chi connectivity index (χ3n) is 7.30. The second-order valence-electron chi connectivity index (χ2n) is 8.77. The predicted molar refractivity (Wildman–Crippen MR) is 99.1 cm³/mol. The van der Waals surface area contributed by atoms with Crippen molar-refractivity contribution in [3.05, 3.63) is 29.3 Å². The smallest absolute Gasteiger partial charge is 0.308 e. The van der Waals surface area contributed by atoms with Crippen LogP contribution >= 0.6 is 0 Å². The Morgan fingerprint density at radius 2 is 1.85 bits per heavy atom. The molecule has 0 spiro atoms. The normalized spacial score (nSPS) is 37.0. The number of esters is 2. The van der Waals surface area contributed by atoms with Gasteiger partial charge < -0.3 is 14.6 Å². The molecule has 4 rings (SSSR count). The molecule has 3 aliphatic carbocycles. The number of hydrogen-bond acceptors (Lipinski definition) is 5. The lowest BCUT2D eigenvalue weighted by molar-refractivity contribution is -0.167. The van der Waals surface area contributed by atoms with Gasteiger partial charge in [-0.25, -0.2) is 0 Å². The van der Waals surface area contributed by atoms with Crippen molar-refractivity contribution in [1.82, 2.24) is 0 Å². The molecule has 146 valence electrons. The molecule has 5 heteroatoms. The highest BCUT2D eigenvalue weighted by molar-refractivity contribution is 5.69. The molecule has 5 nitrogen and oxygen atoms in total. The Labute approximate surface area is 160 Å². The minimum atomic E-state index is -0.850. The van der Waals surface area contributed by atoms with Gasteiger partial charge in [0.25, 0.3) is 0 Å². The van der Waals surface area contributed by atoms with Crippen molar-refractivity contribution >= 4 is 11.9 Å². The van der Waals surface area contributed by atoms with Gasteiger partial charge in [-0.3, -0.25) is 9.59 Å². The van der Waals surface area contributed by atoms with Crippen molar-refractivity contribution in [2.24, 2.45) is 17.3 Å². The molecular weight excluding hydrogens is 344 g/mol. The zero-order valence-corrected chi connectivity index (χ0v) is 16.3. The molecule has 2 saturated carbocycles. The molecule has 27 heavy (non-hydrogen) atoms. The van der Waals surface area contributed by atoms with Crippen LogP contribution in [0.5, 0.6) is 5.75 Å². The molecule has 2 fully saturated rings. The summed E-state index contributed by atoms with van der Waals surface area (Å²) in [5.41, 5.74) is 1.15. The molecule has 1 unspecified atom stereocenters. The van der Waals surface area contributed by atoms with E-state index in [0.717, 1.165) is 43.2 Å². The highest BCUT2D eigenvalue weighted by atomic mass is 16.5. The summed E-state index contributed by atoms with van der Waals surface area (Å²) in [6.07, 6.45) is 5.10. The fraction of sp³-hybridized carbons (Fsp3) is 0.636. The van der Waals surface area contributed by atoms with Gasteiger partial charge in [-0.1, -0.05) is 13.0 Å². The SMILES string of the molecule is CC(=O)Oc1ccc2c(c1)CC[C@H]1[C@@H]3CC[C@H](OC(C)=O)[C@@]3(C)CCC21O. The van der Waals surface area contributed by atoms with Crippen molar-refractivity contribution in [2.45, 2.75) is 71.0 Å². The molecule has 1 aromatic carbocycles. The van der Waals surface area contributed by atoms with Gasteiger partial charge in [-0.2, -0.15) is 0 Å². The lowest BCUT2D eigenvalue weighted by atomic mass is 9.53. The molecule has 1 N–H and O–H groups in total. The number of carbonyl (C=O) groups is 2. The third kappa shape index (κ3) is 2.87. The molecule has 0 saturated heterocycles. The average Bonchev–Trinajstić information content (AvgIpc) is 2.90. The number of fused-ring (bicyclic) bond motifs is 5. The van der Waals surface area contributed by atoms with Gasteiger partial charge in [0.15, 0.2) is 0 Å². The maximum absolute atomic E-state index is 11.7. The van der Waals surface area contributed by atoms with E-state index in [0.29, 0.717) is 18.1 Å². The summed E-state index contributed by atoms with van der Waals surface area (Å²) < 4.78 is 10.9. The molecule has 1 aromatic rings. The van der Waals surface area contributed by atoms with Crippen LogP contribution in [-0.2, 0) is 26.3 Å². The second kappa shape index (κ2) is 6.33. The third-order valence-corrected chi connectivity index (χ3v) is 7.30. The summed E-state index contributed by atoms with van der Waals surface area (Å²) in [6, 6.07) is 5.61. The standard InChI is InChI=1S/C22H28O5/c1-13(23)26-16-5-7-17-15(12-16)4-6-19-18-8-9-20(27-14(2)24)21(18,3)10-11-22(17,19)25/h5,7,12,18-20,25H,4,6,8-11H2,1-3H3/t18-,19-,20-,21-,22?/m0/s1. The summed E-state index contributed by atoms with van der Waals surface area (Å²) in [7, 11) is 0. The summed E-state index contributed by atoms with van der Waals surface area (Å²) in [4.78, 5) is 22.8. The van der Waals surface area contributed by atoms with Crippen LogP contribution in [0.25, 0.3) is 0 Å². The van der Waals surface area contributed by atoms with Crippen LogP contribution in [0.2, 0.25) is 0 Å². The average molecular weight is 372 g/mol. The summed E-state index contributed by atoms with van der Waals surface area (Å²) in [5.74, 6) is 0.512. The van der Waals surface area contributed by atoms with Crippen molar-refractivity contribution in [3.63, 3.8) is 0 Å². The Morgan fingerprint density at radius 1 is 1.07 bits per heavy atom. The fourth-order valence-corrected chi connectivity index (χ4v) is 6.12. The Bertz CT molecular complexity index is 787. The molecule has 0 aliphatic heterocycles. The minimum Gasteiger partial charge on any atom is -0.462 e. The fourth-order valence-electron chi connectivity index (χ4n) is 6.12. The predicted octanol–water partition coefficient (Wildman–Crippen LogP) is 3.50. The van der Waals surface area contributed by atoms with Gasteiger partial charge in [-0.05, 0) is 73.6 Å². The van der Waals surface area contributed by atoms with Gasteiger partial charge in [0, 0.05) is 19.3 Å². The van der Waals surface area contributed by atoms with Crippen LogP contribution < -0.4 is 4.74 Å². The largest absolute Gasteiger partial charge is 0.462 e. The highest BCUT2D eigenvalue weighted by Crippen LogP contribution is 2.63. The first kappa shape index (κ1) is 18.5. The molecule has 5 atom stereocenters. The van der Waals surface area contributed by atoms with E-state index in [4.69, 9.17) is 9.47 Å². The second-order valence-corrected chi connectivity index (χ2v) is 8.77. The topological polar surface area (TPSA) is 72.8 Å². The van der Waals surface area contributed by atoms with Gasteiger partial charge in [0.05, 0.1) is 5.60 Å². The van der Waals surface area contributed by atoms with E-state index in [2.05, 4.69) is 6.92 Å². The maximum Gasteiger partial charge on any atom is 0.308 e. The van der Waals surface area contributed by atoms with Crippen LogP contribution in [0.4, 0.5) is 0 Å². The van der Waals surface area contributed by atoms with E-state index < -0.39 is 5.60 Å². The lowest BCUT2D eigenvalue weighted by Gasteiger charge is -2.54. The van der Waals surface area contributed by atoms with Crippen molar-refractivity contribution in [3.8, 4) is 5.75 Å². The molecular formula is C22H28O5. The van der Waals surface area contributed by atoms with E-state index >= 15 is 0 Å². The maximum atomic E-state index is 11.7. The Balaban J connectivity index is 1.65. The molecule has 0 heterocycles. The zero-order chi connectivity index (χ0) is 19.4. The lowest BCUT2D eigenvalue weighted by Crippen LogP contribution is -2.53. The van der Waals surface area contributed by atoms with Crippen molar-refractivity contribution in [1.29, 1.82) is 0 Å². The molecule has 3 aliphatic rings. The summed E-state index contributed by atoms with van der Waals surface area (Å²) >= 11 is 0. The molecule has 0 radical (unpaired) electrons. The number of aliphatic hydroxyl groups is 1. The van der Waals surface area contributed by atoms with E-state index in [1.54, 1.807) is 6.07 Å². The Kier molecular flexibility index (Phi) is 4.34. The van der Waals surface area contributed by atoms with Crippen molar-refractivity contribution < 1.29 is 24.2 Å². The van der Waals surface area contributed by atoms with E-state index in [1.807, 2.05) is 12.1 Å². The first-order chi connectivity index (χ1) is 12.7. The van der Waals surface area contributed by atoms with Gasteiger partial charge in [0.2, 0.25) is 0 Å². The van der Waals surface area contributed by atoms with Crippen LogP contribution in [0.1, 0.15) is 64.0 Å². The number of rotatable bonds is 2. The summed E-state index contributed by atoms with van der Waals surface area (Å²) in [5, 5.41) is 11.7. The number of hydrogen-bond donors (Lipinski definition) is 1. The van der Waals surface area contributed by atoms with Gasteiger partial charge in [0.1, 0.15) is 11.9 Å². The first-order valence-electron chi connectivity index (χ1n) is 9.95. The van der Waals surface area contributed by atoms with Crippen LogP contribution in [0.15, 0.2) is 18.2 Å². The minimum absolute atomic E-state index is 0.0442. The first-order valence-corrected chi connectivity index (χ1v) is 9.95. The summed E-state index contributed by atoms with van der Waals surface area (Å²) in [6.45, 7) is 5.11. The van der Waals surface area contributed by atoms with Crippen molar-refractivity contribution in [2.75, 3.05) is 0 Å². The van der Waals surface area contributed by atoms with E-state index in [-0.39, 0.29) is 29.4 Å². The van der Waals surface area contributed by atoms with Crippen LogP contribution in [0.3, 0.4) is 0 Å². The monoisotopic (exact) mass is 372 g/mol.